The first-order valence-electron chi connectivity index (χ1n) is 7.58. The minimum atomic E-state index is -1.22. The zero-order valence-corrected chi connectivity index (χ0v) is 12.8. The number of amides is 2. The molecular formula is C16H18F2N2O3. The molecule has 2 fully saturated rings. The van der Waals surface area contributed by atoms with Crippen LogP contribution in [0, 0.1) is 17.0 Å². The quantitative estimate of drug-likeness (QED) is 0.901. The maximum absolute atomic E-state index is 14.1. The van der Waals surface area contributed by atoms with Crippen LogP contribution in [0.25, 0.3) is 0 Å². The van der Waals surface area contributed by atoms with E-state index in [1.165, 1.54) is 24.1 Å². The number of methoxy groups -OCH3 is 1. The van der Waals surface area contributed by atoms with E-state index in [4.69, 9.17) is 4.74 Å². The molecule has 23 heavy (non-hydrogen) atoms. The Morgan fingerprint density at radius 3 is 2.78 bits per heavy atom. The van der Waals surface area contributed by atoms with Gasteiger partial charge in [0.2, 0.25) is 11.7 Å². The van der Waals surface area contributed by atoms with Crippen LogP contribution in [0.1, 0.15) is 29.6 Å². The highest BCUT2D eigenvalue weighted by molar-refractivity contribution is 5.96. The summed E-state index contributed by atoms with van der Waals surface area (Å²) < 4.78 is 32.6. The summed E-state index contributed by atoms with van der Waals surface area (Å²) in [6.07, 6.45) is 2.12. The first kappa shape index (κ1) is 15.7. The highest BCUT2D eigenvalue weighted by atomic mass is 19.2. The fourth-order valence-electron chi connectivity index (χ4n) is 3.39. The van der Waals surface area contributed by atoms with Gasteiger partial charge in [-0.3, -0.25) is 9.59 Å². The van der Waals surface area contributed by atoms with Crippen molar-refractivity contribution in [1.29, 1.82) is 0 Å². The predicted molar refractivity (Wildman–Crippen MR) is 78.1 cm³/mol. The van der Waals surface area contributed by atoms with Gasteiger partial charge in [0.05, 0.1) is 18.1 Å². The summed E-state index contributed by atoms with van der Waals surface area (Å²) >= 11 is 0. The topological polar surface area (TPSA) is 58.6 Å². The summed E-state index contributed by atoms with van der Waals surface area (Å²) in [7, 11) is 1.23. The molecule has 3 rings (SSSR count). The zero-order chi connectivity index (χ0) is 16.6. The van der Waals surface area contributed by atoms with Crippen LogP contribution in [0.3, 0.4) is 0 Å². The van der Waals surface area contributed by atoms with Crippen molar-refractivity contribution in [2.75, 3.05) is 26.7 Å². The SMILES string of the molecule is COc1ccc(C(=O)N2CC[C@]3(CCCNC3=O)C2)c(F)c1F. The van der Waals surface area contributed by atoms with Gasteiger partial charge in [0.25, 0.3) is 5.91 Å². The van der Waals surface area contributed by atoms with E-state index in [-0.39, 0.29) is 23.8 Å². The van der Waals surface area contributed by atoms with Crippen molar-refractivity contribution in [2.45, 2.75) is 19.3 Å². The third-order valence-corrected chi connectivity index (χ3v) is 4.74. The van der Waals surface area contributed by atoms with Gasteiger partial charge in [-0.25, -0.2) is 4.39 Å². The number of hydrogen-bond acceptors (Lipinski definition) is 3. The summed E-state index contributed by atoms with van der Waals surface area (Å²) in [6.45, 7) is 1.25. The van der Waals surface area contributed by atoms with E-state index >= 15 is 0 Å². The smallest absolute Gasteiger partial charge is 0.256 e. The lowest BCUT2D eigenvalue weighted by Crippen LogP contribution is -2.47. The fraction of sp³-hybridized carbons (Fsp3) is 0.500. The molecule has 0 aromatic heterocycles. The van der Waals surface area contributed by atoms with Gasteiger partial charge in [-0.2, -0.15) is 4.39 Å². The second-order valence-corrected chi connectivity index (χ2v) is 6.06. The summed E-state index contributed by atoms with van der Waals surface area (Å²) in [5.74, 6) is -3.30. The molecule has 2 aliphatic rings. The van der Waals surface area contributed by atoms with Gasteiger partial charge in [0, 0.05) is 19.6 Å². The third kappa shape index (κ3) is 2.54. The first-order valence-corrected chi connectivity index (χ1v) is 7.58. The van der Waals surface area contributed by atoms with Crippen molar-refractivity contribution in [2.24, 2.45) is 5.41 Å². The number of nitrogens with zero attached hydrogens (tertiary/aromatic N) is 1. The third-order valence-electron chi connectivity index (χ3n) is 4.74. The Morgan fingerprint density at radius 2 is 2.09 bits per heavy atom. The predicted octanol–water partition coefficient (Wildman–Crippen LogP) is 1.72. The molecule has 0 aliphatic carbocycles. The molecule has 1 atom stereocenters. The summed E-state index contributed by atoms with van der Waals surface area (Å²) in [4.78, 5) is 26.1. The van der Waals surface area contributed by atoms with Gasteiger partial charge in [0.1, 0.15) is 0 Å². The van der Waals surface area contributed by atoms with Crippen LogP contribution >= 0.6 is 0 Å². The molecule has 2 aliphatic heterocycles. The normalized spacial score (nSPS) is 24.0. The minimum absolute atomic E-state index is 0.0552. The first-order chi connectivity index (χ1) is 11.0. The van der Waals surface area contributed by atoms with Crippen LogP contribution < -0.4 is 10.1 Å². The molecule has 2 saturated heterocycles. The number of carbonyl (C=O) groups excluding carboxylic acids is 2. The average Bonchev–Trinajstić information content (AvgIpc) is 2.98. The Bertz CT molecular complexity index is 665. The molecular weight excluding hydrogens is 306 g/mol. The lowest BCUT2D eigenvalue weighted by Gasteiger charge is -2.32. The molecule has 0 unspecified atom stereocenters. The van der Waals surface area contributed by atoms with Crippen LogP contribution in [0.2, 0.25) is 0 Å². The zero-order valence-electron chi connectivity index (χ0n) is 12.8. The van der Waals surface area contributed by atoms with E-state index in [0.29, 0.717) is 25.9 Å². The molecule has 0 saturated carbocycles. The summed E-state index contributed by atoms with van der Waals surface area (Å²) in [6, 6.07) is 2.44. The van der Waals surface area contributed by atoms with Gasteiger partial charge in [-0.1, -0.05) is 0 Å². The number of likely N-dealkylation sites (tertiary alicyclic amines) is 1. The Labute approximate surface area is 132 Å². The summed E-state index contributed by atoms with van der Waals surface area (Å²) in [5.41, 5.74) is -0.924. The van der Waals surface area contributed by atoms with Crippen LogP contribution in [-0.4, -0.2) is 43.5 Å². The van der Waals surface area contributed by atoms with E-state index < -0.39 is 23.0 Å². The lowest BCUT2D eigenvalue weighted by atomic mass is 9.79. The maximum Gasteiger partial charge on any atom is 0.256 e. The summed E-state index contributed by atoms with van der Waals surface area (Å²) in [5, 5.41) is 2.82. The standard InChI is InChI=1S/C16H18F2N2O3/c1-23-11-4-3-10(12(17)13(11)18)14(21)20-8-6-16(9-20)5-2-7-19-15(16)22/h3-4H,2,5-9H2,1H3,(H,19,22)/t16-/m1/s1. The van der Waals surface area contributed by atoms with Crippen molar-refractivity contribution in [3.05, 3.63) is 29.3 Å². The molecule has 5 nitrogen and oxygen atoms in total. The Balaban J connectivity index is 1.82. The Hall–Kier alpha value is -2.18. The monoisotopic (exact) mass is 324 g/mol. The molecule has 7 heteroatoms. The average molecular weight is 324 g/mol. The number of benzene rings is 1. The van der Waals surface area contributed by atoms with Crippen LogP contribution in [0.5, 0.6) is 5.75 Å². The van der Waals surface area contributed by atoms with Gasteiger partial charge >= 0.3 is 0 Å². The Morgan fingerprint density at radius 1 is 1.30 bits per heavy atom. The van der Waals surface area contributed by atoms with Crippen LogP contribution in [0.4, 0.5) is 8.78 Å². The van der Waals surface area contributed by atoms with Crippen molar-refractivity contribution in [1.82, 2.24) is 10.2 Å². The number of nitrogens with one attached hydrogen (secondary N) is 1. The second-order valence-electron chi connectivity index (χ2n) is 6.06. The van der Waals surface area contributed by atoms with Gasteiger partial charge in [-0.05, 0) is 31.4 Å². The van der Waals surface area contributed by atoms with E-state index in [1.807, 2.05) is 0 Å². The second kappa shape index (κ2) is 5.79. The number of carbonyl (C=O) groups is 2. The number of hydrogen-bond donors (Lipinski definition) is 1. The number of halogens is 2. The van der Waals surface area contributed by atoms with Gasteiger partial charge in [-0.15, -0.1) is 0 Å². The largest absolute Gasteiger partial charge is 0.494 e. The molecule has 1 N–H and O–H groups in total. The molecule has 2 heterocycles. The highest BCUT2D eigenvalue weighted by Gasteiger charge is 2.47. The van der Waals surface area contributed by atoms with E-state index in [1.54, 1.807) is 0 Å². The van der Waals surface area contributed by atoms with E-state index in [2.05, 4.69) is 5.32 Å². The van der Waals surface area contributed by atoms with Gasteiger partial charge < -0.3 is 15.0 Å². The molecule has 124 valence electrons. The molecule has 1 aromatic rings. The van der Waals surface area contributed by atoms with Crippen molar-refractivity contribution in [3.63, 3.8) is 0 Å². The number of piperidine rings is 1. The number of ether oxygens (including phenoxy) is 1. The molecule has 2 amide bonds. The van der Waals surface area contributed by atoms with Crippen molar-refractivity contribution in [3.8, 4) is 5.75 Å². The fourth-order valence-corrected chi connectivity index (χ4v) is 3.39. The molecule has 1 aromatic carbocycles. The van der Waals surface area contributed by atoms with E-state index in [9.17, 15) is 18.4 Å². The molecule has 0 radical (unpaired) electrons. The van der Waals surface area contributed by atoms with Crippen molar-refractivity contribution >= 4 is 11.8 Å². The van der Waals surface area contributed by atoms with E-state index in [0.717, 1.165) is 6.42 Å². The van der Waals surface area contributed by atoms with Crippen LogP contribution in [-0.2, 0) is 4.79 Å². The molecule has 1 spiro atoms. The maximum atomic E-state index is 14.1. The number of rotatable bonds is 2. The molecule has 0 bridgehead atoms. The van der Waals surface area contributed by atoms with Crippen molar-refractivity contribution < 1.29 is 23.1 Å². The van der Waals surface area contributed by atoms with Gasteiger partial charge in [0.15, 0.2) is 11.6 Å². The minimum Gasteiger partial charge on any atom is -0.494 e. The van der Waals surface area contributed by atoms with Crippen LogP contribution in [0.15, 0.2) is 12.1 Å². The lowest BCUT2D eigenvalue weighted by molar-refractivity contribution is -0.132. The Kier molecular flexibility index (Phi) is 3.95. The highest BCUT2D eigenvalue weighted by Crippen LogP contribution is 2.38.